The lowest BCUT2D eigenvalue weighted by atomic mass is 9.88. The van der Waals surface area contributed by atoms with Crippen molar-refractivity contribution in [3.63, 3.8) is 0 Å². The molecule has 0 bridgehead atoms. The van der Waals surface area contributed by atoms with Gasteiger partial charge in [-0.3, -0.25) is 0 Å². The first-order valence-electron chi connectivity index (χ1n) is 7.43. The lowest BCUT2D eigenvalue weighted by molar-refractivity contribution is 0.332. The van der Waals surface area contributed by atoms with Crippen LogP contribution in [-0.2, 0) is 10.0 Å². The Kier molecular flexibility index (Phi) is 5.96. The van der Waals surface area contributed by atoms with Gasteiger partial charge in [-0.25, -0.2) is 13.1 Å². The summed E-state index contributed by atoms with van der Waals surface area (Å²) in [5.74, 6) is 1.42. The third-order valence-corrected chi connectivity index (χ3v) is 6.53. The normalized spacial score (nSPS) is 23.1. The molecule has 1 aromatic carbocycles. The van der Waals surface area contributed by atoms with Crippen molar-refractivity contribution in [3.05, 3.63) is 24.3 Å². The van der Waals surface area contributed by atoms with Crippen molar-refractivity contribution in [1.82, 2.24) is 4.72 Å². The Balaban J connectivity index is 1.76. The summed E-state index contributed by atoms with van der Waals surface area (Å²) in [5, 5.41) is 0. The molecule has 0 unspecified atom stereocenters. The minimum atomic E-state index is -3.18. The molecule has 0 heterocycles. The second-order valence-corrected chi connectivity index (χ2v) is 8.86. The summed E-state index contributed by atoms with van der Waals surface area (Å²) in [6, 6.07) is 7.65. The molecular weight excluding hydrogens is 304 g/mol. The highest BCUT2D eigenvalue weighted by molar-refractivity contribution is 8.00. The SMILES string of the molecule is CC1CCC(NS(=O)(=O)CCSc2cccc(N)c2)CC1. The van der Waals surface area contributed by atoms with Crippen LogP contribution in [0.1, 0.15) is 32.6 Å². The van der Waals surface area contributed by atoms with Crippen LogP contribution in [0.25, 0.3) is 0 Å². The first-order valence-corrected chi connectivity index (χ1v) is 10.1. The zero-order chi connectivity index (χ0) is 15.3. The summed E-state index contributed by atoms with van der Waals surface area (Å²) in [5.41, 5.74) is 6.41. The number of nitrogens with two attached hydrogens (primary N) is 1. The third kappa shape index (κ3) is 5.88. The molecule has 4 nitrogen and oxygen atoms in total. The maximum Gasteiger partial charge on any atom is 0.212 e. The van der Waals surface area contributed by atoms with E-state index in [9.17, 15) is 8.42 Å². The van der Waals surface area contributed by atoms with E-state index < -0.39 is 10.0 Å². The summed E-state index contributed by atoms with van der Waals surface area (Å²) in [4.78, 5) is 1.01. The van der Waals surface area contributed by atoms with E-state index >= 15 is 0 Å². The van der Waals surface area contributed by atoms with Crippen LogP contribution in [0.15, 0.2) is 29.2 Å². The van der Waals surface area contributed by atoms with Crippen LogP contribution >= 0.6 is 11.8 Å². The minimum Gasteiger partial charge on any atom is -0.399 e. The molecule has 6 heteroatoms. The van der Waals surface area contributed by atoms with Crippen LogP contribution in [-0.4, -0.2) is 26.0 Å². The maximum absolute atomic E-state index is 12.1. The van der Waals surface area contributed by atoms with E-state index in [0.717, 1.165) is 36.5 Å². The Hall–Kier alpha value is -0.720. The fourth-order valence-electron chi connectivity index (χ4n) is 2.56. The molecular formula is C15H24N2O2S2. The second-order valence-electron chi connectivity index (χ2n) is 5.81. The smallest absolute Gasteiger partial charge is 0.212 e. The Morgan fingerprint density at radius 1 is 1.29 bits per heavy atom. The van der Waals surface area contributed by atoms with Crippen LogP contribution in [0.4, 0.5) is 5.69 Å². The van der Waals surface area contributed by atoms with Crippen LogP contribution in [0, 0.1) is 5.92 Å². The molecule has 0 aromatic heterocycles. The number of nitrogen functional groups attached to an aromatic ring is 1. The number of sulfonamides is 1. The maximum atomic E-state index is 12.1. The van der Waals surface area contributed by atoms with Gasteiger partial charge < -0.3 is 5.73 Å². The molecule has 2 rings (SSSR count). The van der Waals surface area contributed by atoms with Crippen molar-refractivity contribution < 1.29 is 8.42 Å². The highest BCUT2D eigenvalue weighted by Gasteiger charge is 2.22. The summed E-state index contributed by atoms with van der Waals surface area (Å²) < 4.78 is 27.0. The van der Waals surface area contributed by atoms with E-state index in [-0.39, 0.29) is 11.8 Å². The van der Waals surface area contributed by atoms with E-state index in [4.69, 9.17) is 5.73 Å². The van der Waals surface area contributed by atoms with Crippen LogP contribution < -0.4 is 10.5 Å². The van der Waals surface area contributed by atoms with E-state index in [0.29, 0.717) is 11.4 Å². The molecule has 1 aromatic rings. The van der Waals surface area contributed by atoms with Gasteiger partial charge in [0.2, 0.25) is 10.0 Å². The molecule has 0 radical (unpaired) electrons. The molecule has 1 aliphatic rings. The predicted octanol–water partition coefficient (Wildman–Crippen LogP) is 2.86. The molecule has 0 amide bonds. The Bertz CT molecular complexity index is 553. The summed E-state index contributed by atoms with van der Waals surface area (Å²) in [6.07, 6.45) is 4.15. The van der Waals surface area contributed by atoms with Crippen molar-refractivity contribution in [2.24, 2.45) is 5.92 Å². The van der Waals surface area contributed by atoms with Crippen LogP contribution in [0.5, 0.6) is 0 Å². The van der Waals surface area contributed by atoms with Crippen molar-refractivity contribution in [2.45, 2.75) is 43.5 Å². The van der Waals surface area contributed by atoms with E-state index in [1.54, 1.807) is 0 Å². The summed E-state index contributed by atoms with van der Waals surface area (Å²) >= 11 is 1.52. The monoisotopic (exact) mass is 328 g/mol. The average molecular weight is 329 g/mol. The fourth-order valence-corrected chi connectivity index (χ4v) is 5.27. The van der Waals surface area contributed by atoms with Crippen molar-refractivity contribution in [1.29, 1.82) is 0 Å². The van der Waals surface area contributed by atoms with Gasteiger partial charge in [0.05, 0.1) is 5.75 Å². The largest absolute Gasteiger partial charge is 0.399 e. The number of anilines is 1. The number of rotatable bonds is 6. The lowest BCUT2D eigenvalue weighted by Crippen LogP contribution is -2.39. The highest BCUT2D eigenvalue weighted by atomic mass is 32.2. The Morgan fingerprint density at radius 3 is 2.67 bits per heavy atom. The first-order chi connectivity index (χ1) is 9.94. The summed E-state index contributed by atoms with van der Waals surface area (Å²) in [6.45, 7) is 2.23. The Morgan fingerprint density at radius 2 is 2.00 bits per heavy atom. The predicted molar refractivity (Wildman–Crippen MR) is 89.9 cm³/mol. The Labute approximate surface area is 131 Å². The summed E-state index contributed by atoms with van der Waals surface area (Å²) in [7, 11) is -3.18. The number of benzene rings is 1. The number of nitrogens with one attached hydrogen (secondary N) is 1. The second kappa shape index (κ2) is 7.51. The van der Waals surface area contributed by atoms with Gasteiger partial charge in [0.15, 0.2) is 0 Å². The molecule has 0 saturated heterocycles. The number of thioether (sulfide) groups is 1. The quantitative estimate of drug-likeness (QED) is 0.622. The minimum absolute atomic E-state index is 0.128. The van der Waals surface area contributed by atoms with Gasteiger partial charge in [0.25, 0.3) is 0 Å². The zero-order valence-corrected chi connectivity index (χ0v) is 14.1. The lowest BCUT2D eigenvalue weighted by Gasteiger charge is -2.26. The van der Waals surface area contributed by atoms with Crippen molar-refractivity contribution >= 4 is 27.5 Å². The molecule has 21 heavy (non-hydrogen) atoms. The standard InChI is InChI=1S/C15H24N2O2S2/c1-12-5-7-14(8-6-12)17-21(18,19)10-9-20-15-4-2-3-13(16)11-15/h2-4,11-12,14,17H,5-10,16H2,1H3. The molecule has 0 aliphatic heterocycles. The third-order valence-electron chi connectivity index (χ3n) is 3.84. The first kappa shape index (κ1) is 16.6. The van der Waals surface area contributed by atoms with Crippen LogP contribution in [0.3, 0.4) is 0 Å². The van der Waals surface area contributed by atoms with Gasteiger partial charge in [-0.2, -0.15) is 0 Å². The molecule has 0 spiro atoms. The van der Waals surface area contributed by atoms with Gasteiger partial charge in [-0.05, 0) is 49.8 Å². The molecule has 1 fully saturated rings. The van der Waals surface area contributed by atoms with Gasteiger partial charge in [0, 0.05) is 22.4 Å². The van der Waals surface area contributed by atoms with Crippen molar-refractivity contribution in [2.75, 3.05) is 17.2 Å². The average Bonchev–Trinajstić information content (AvgIpc) is 2.41. The number of hydrogen-bond donors (Lipinski definition) is 2. The highest BCUT2D eigenvalue weighted by Crippen LogP contribution is 2.24. The van der Waals surface area contributed by atoms with E-state index in [1.165, 1.54) is 11.8 Å². The fraction of sp³-hybridized carbons (Fsp3) is 0.600. The number of hydrogen-bond acceptors (Lipinski definition) is 4. The molecule has 3 N–H and O–H groups in total. The molecule has 1 aliphatic carbocycles. The molecule has 1 saturated carbocycles. The van der Waals surface area contributed by atoms with Crippen molar-refractivity contribution in [3.8, 4) is 0 Å². The van der Waals surface area contributed by atoms with Crippen LogP contribution in [0.2, 0.25) is 0 Å². The van der Waals surface area contributed by atoms with Gasteiger partial charge in [-0.1, -0.05) is 13.0 Å². The molecule has 118 valence electrons. The van der Waals surface area contributed by atoms with E-state index in [2.05, 4.69) is 11.6 Å². The zero-order valence-electron chi connectivity index (χ0n) is 12.4. The topological polar surface area (TPSA) is 72.2 Å². The molecule has 0 atom stereocenters. The van der Waals surface area contributed by atoms with Gasteiger partial charge >= 0.3 is 0 Å². The van der Waals surface area contributed by atoms with E-state index in [1.807, 2.05) is 24.3 Å². The van der Waals surface area contributed by atoms with Gasteiger partial charge in [0.1, 0.15) is 0 Å². The van der Waals surface area contributed by atoms with Gasteiger partial charge in [-0.15, -0.1) is 11.8 Å².